The molecule has 0 aromatic carbocycles. The van der Waals surface area contributed by atoms with Crippen molar-refractivity contribution in [3.05, 3.63) is 0 Å². The Morgan fingerprint density at radius 2 is 2.12 bits per heavy atom. The number of likely N-dealkylation sites (N-methyl/N-ethyl adjacent to an activating group) is 1. The molecule has 0 aromatic rings. The molecule has 0 aliphatic rings. The molecule has 0 N–H and O–H groups in total. The molecule has 0 amide bonds. The largest absolute Gasteiger partial charge is 0.349 e. The van der Waals surface area contributed by atoms with Gasteiger partial charge in [0.05, 0.1) is 6.61 Å². The number of hydrogen-bond donors (Lipinski definition) is 0. The summed E-state index contributed by atoms with van der Waals surface area (Å²) < 4.78 is 15.6. The first-order valence-electron chi connectivity index (χ1n) is 2.56. The van der Waals surface area contributed by atoms with Crippen LogP contribution >= 0.6 is 0 Å². The first-order chi connectivity index (χ1) is 3.77. The van der Waals surface area contributed by atoms with Gasteiger partial charge in [-0.25, -0.2) is 4.39 Å². The zero-order valence-corrected chi connectivity index (χ0v) is 5.35. The van der Waals surface area contributed by atoms with E-state index in [0.717, 1.165) is 6.54 Å². The summed E-state index contributed by atoms with van der Waals surface area (Å²) in [5, 5.41) is 0. The molecule has 0 spiro atoms. The van der Waals surface area contributed by atoms with Crippen LogP contribution in [-0.2, 0) is 4.74 Å². The molecule has 0 aliphatic heterocycles. The lowest BCUT2D eigenvalue weighted by Gasteiger charge is -2.06. The molecule has 0 atom stereocenters. The Morgan fingerprint density at radius 1 is 1.50 bits per heavy atom. The quantitative estimate of drug-likeness (QED) is 0.502. The third kappa shape index (κ3) is 5.85. The Morgan fingerprint density at radius 3 is 2.50 bits per heavy atom. The predicted molar refractivity (Wildman–Crippen MR) is 30.5 cm³/mol. The molecule has 2 nitrogen and oxygen atoms in total. The van der Waals surface area contributed by atoms with E-state index in [9.17, 15) is 4.39 Å². The van der Waals surface area contributed by atoms with Gasteiger partial charge in [0.25, 0.3) is 0 Å². The van der Waals surface area contributed by atoms with E-state index in [1.165, 1.54) is 0 Å². The van der Waals surface area contributed by atoms with Gasteiger partial charge in [-0.2, -0.15) is 0 Å². The summed E-state index contributed by atoms with van der Waals surface area (Å²) in [6.45, 7) is 0.585. The van der Waals surface area contributed by atoms with Crippen LogP contribution in [0.25, 0.3) is 0 Å². The van der Waals surface area contributed by atoms with Crippen LogP contribution in [0.4, 0.5) is 4.39 Å². The molecule has 0 heterocycles. The van der Waals surface area contributed by atoms with Gasteiger partial charge in [-0.15, -0.1) is 0 Å². The molecule has 0 bridgehead atoms. The van der Waals surface area contributed by atoms with Crippen molar-refractivity contribution in [1.29, 1.82) is 0 Å². The maximum absolute atomic E-state index is 11.2. The summed E-state index contributed by atoms with van der Waals surface area (Å²) in [6, 6.07) is 0. The first kappa shape index (κ1) is 7.85. The van der Waals surface area contributed by atoms with E-state index in [2.05, 4.69) is 4.74 Å². The highest BCUT2D eigenvalue weighted by Crippen LogP contribution is 1.77. The monoisotopic (exact) mass is 121 g/mol. The normalized spacial score (nSPS) is 10.5. The fourth-order valence-electron chi connectivity index (χ4n) is 0.302. The summed E-state index contributed by atoms with van der Waals surface area (Å²) in [4.78, 5) is 1.94. The first-order valence-corrected chi connectivity index (χ1v) is 2.56. The standard InChI is InChI=1S/C5H12FNO/c1-7(2)3-4-8-5-6/h3-5H2,1-2H3. The van der Waals surface area contributed by atoms with Gasteiger partial charge >= 0.3 is 0 Å². The second-order valence-corrected chi connectivity index (χ2v) is 1.82. The van der Waals surface area contributed by atoms with Crippen molar-refractivity contribution in [2.45, 2.75) is 0 Å². The van der Waals surface area contributed by atoms with E-state index >= 15 is 0 Å². The lowest BCUT2D eigenvalue weighted by atomic mass is 10.6. The summed E-state index contributed by atoms with van der Waals surface area (Å²) in [7, 11) is 3.84. The average Bonchev–Trinajstić information content (AvgIpc) is 1.66. The zero-order valence-electron chi connectivity index (χ0n) is 5.35. The molecule has 0 aliphatic carbocycles. The predicted octanol–water partition coefficient (Wildman–Crippen LogP) is 0.492. The number of rotatable bonds is 4. The third-order valence-electron chi connectivity index (χ3n) is 0.760. The summed E-state index contributed by atoms with van der Waals surface area (Å²) >= 11 is 0. The van der Waals surface area contributed by atoms with E-state index in [-0.39, 0.29) is 0 Å². The van der Waals surface area contributed by atoms with Gasteiger partial charge in [-0.3, -0.25) is 0 Å². The van der Waals surface area contributed by atoms with E-state index < -0.39 is 6.86 Å². The minimum atomic E-state index is -0.673. The SMILES string of the molecule is CN(C)CCOCF. The Bertz CT molecular complexity index is 49.7. The van der Waals surface area contributed by atoms with Gasteiger partial charge < -0.3 is 9.64 Å². The summed E-state index contributed by atoms with van der Waals surface area (Å²) in [5.41, 5.74) is 0. The van der Waals surface area contributed by atoms with Crippen LogP contribution in [-0.4, -0.2) is 39.0 Å². The Balaban J connectivity index is 2.72. The zero-order chi connectivity index (χ0) is 6.41. The van der Waals surface area contributed by atoms with Gasteiger partial charge in [-0.1, -0.05) is 0 Å². The lowest BCUT2D eigenvalue weighted by Crippen LogP contribution is -2.17. The van der Waals surface area contributed by atoms with Crippen molar-refractivity contribution >= 4 is 0 Å². The molecule has 3 heteroatoms. The summed E-state index contributed by atoms with van der Waals surface area (Å²) in [6.07, 6.45) is 0. The summed E-state index contributed by atoms with van der Waals surface area (Å²) in [5.74, 6) is 0. The van der Waals surface area contributed by atoms with E-state index in [1.807, 2.05) is 19.0 Å². The van der Waals surface area contributed by atoms with Gasteiger partial charge in [0.15, 0.2) is 6.86 Å². The van der Waals surface area contributed by atoms with Crippen molar-refractivity contribution in [3.8, 4) is 0 Å². The molecular formula is C5H12FNO. The van der Waals surface area contributed by atoms with Crippen molar-refractivity contribution < 1.29 is 9.13 Å². The van der Waals surface area contributed by atoms with Gasteiger partial charge in [0.2, 0.25) is 0 Å². The van der Waals surface area contributed by atoms with Crippen LogP contribution in [0.5, 0.6) is 0 Å². The van der Waals surface area contributed by atoms with E-state index in [4.69, 9.17) is 0 Å². The highest BCUT2D eigenvalue weighted by atomic mass is 19.1. The number of alkyl halides is 1. The Kier molecular flexibility index (Phi) is 4.90. The highest BCUT2D eigenvalue weighted by Gasteiger charge is 1.87. The number of hydrogen-bond acceptors (Lipinski definition) is 2. The number of ether oxygens (including phenoxy) is 1. The molecule has 0 rings (SSSR count). The minimum Gasteiger partial charge on any atom is -0.349 e. The number of nitrogens with zero attached hydrogens (tertiary/aromatic N) is 1. The van der Waals surface area contributed by atoms with Crippen LogP contribution < -0.4 is 0 Å². The minimum absolute atomic E-state index is 0.476. The van der Waals surface area contributed by atoms with Crippen LogP contribution in [0.3, 0.4) is 0 Å². The molecule has 0 unspecified atom stereocenters. The fraction of sp³-hybridized carbons (Fsp3) is 1.00. The Hall–Kier alpha value is -0.150. The molecule has 0 saturated heterocycles. The molecule has 0 radical (unpaired) electrons. The molecular weight excluding hydrogens is 109 g/mol. The van der Waals surface area contributed by atoms with Gasteiger partial charge in [0.1, 0.15) is 0 Å². The molecule has 0 aromatic heterocycles. The third-order valence-corrected chi connectivity index (χ3v) is 0.760. The topological polar surface area (TPSA) is 12.5 Å². The molecule has 50 valence electrons. The molecule has 0 saturated carbocycles. The van der Waals surface area contributed by atoms with Crippen LogP contribution in [0.2, 0.25) is 0 Å². The second-order valence-electron chi connectivity index (χ2n) is 1.82. The second kappa shape index (κ2) is 5.00. The molecule has 0 fully saturated rings. The van der Waals surface area contributed by atoms with Crippen LogP contribution in [0, 0.1) is 0 Å². The smallest absolute Gasteiger partial charge is 0.188 e. The highest BCUT2D eigenvalue weighted by molar-refractivity contribution is 4.36. The van der Waals surface area contributed by atoms with Crippen molar-refractivity contribution in [3.63, 3.8) is 0 Å². The Labute approximate surface area is 49.2 Å². The lowest BCUT2D eigenvalue weighted by molar-refractivity contribution is 0.0493. The maximum atomic E-state index is 11.2. The van der Waals surface area contributed by atoms with E-state index in [0.29, 0.717) is 6.61 Å². The van der Waals surface area contributed by atoms with Crippen LogP contribution in [0.15, 0.2) is 0 Å². The van der Waals surface area contributed by atoms with Crippen molar-refractivity contribution in [1.82, 2.24) is 4.90 Å². The van der Waals surface area contributed by atoms with E-state index in [1.54, 1.807) is 0 Å². The average molecular weight is 121 g/mol. The maximum Gasteiger partial charge on any atom is 0.188 e. The molecule has 8 heavy (non-hydrogen) atoms. The van der Waals surface area contributed by atoms with Crippen LogP contribution in [0.1, 0.15) is 0 Å². The van der Waals surface area contributed by atoms with Gasteiger partial charge in [0, 0.05) is 6.54 Å². The van der Waals surface area contributed by atoms with Crippen molar-refractivity contribution in [2.75, 3.05) is 34.1 Å². The van der Waals surface area contributed by atoms with Crippen molar-refractivity contribution in [2.24, 2.45) is 0 Å². The fourth-order valence-corrected chi connectivity index (χ4v) is 0.302. The number of halogens is 1. The van der Waals surface area contributed by atoms with Gasteiger partial charge in [-0.05, 0) is 14.1 Å².